The number of amidine groups is 1. The van der Waals surface area contributed by atoms with Crippen molar-refractivity contribution < 1.29 is 9.53 Å². The fourth-order valence-electron chi connectivity index (χ4n) is 0.873. The fraction of sp³-hybridized carbons (Fsp3) is 0.429. The second-order valence-electron chi connectivity index (χ2n) is 2.50. The number of rotatable bonds is 2. The van der Waals surface area contributed by atoms with Crippen LogP contribution in [-0.4, -0.2) is 24.2 Å². The van der Waals surface area contributed by atoms with Gasteiger partial charge in [0.05, 0.1) is 6.61 Å². The highest BCUT2D eigenvalue weighted by Crippen LogP contribution is 2.05. The molecule has 5 N–H and O–H groups in total. The molecule has 1 heterocycles. The van der Waals surface area contributed by atoms with Gasteiger partial charge < -0.3 is 15.8 Å². The molecule has 0 amide bonds. The van der Waals surface area contributed by atoms with Crippen molar-refractivity contribution in [2.24, 2.45) is 16.5 Å². The summed E-state index contributed by atoms with van der Waals surface area (Å²) < 4.78 is 4.71. The van der Waals surface area contributed by atoms with E-state index in [0.29, 0.717) is 0 Å². The van der Waals surface area contributed by atoms with Gasteiger partial charge in [0.1, 0.15) is 5.84 Å². The molecule has 1 unspecified atom stereocenters. The number of ether oxygens (including phenoxy) is 1. The number of esters is 1. The molecular formula is C7H12N4O2. The largest absolute Gasteiger partial charge is 0.462 e. The van der Waals surface area contributed by atoms with Crippen LogP contribution >= 0.6 is 0 Å². The molecule has 0 bridgehead atoms. The Kier molecular flexibility index (Phi) is 2.52. The van der Waals surface area contributed by atoms with Gasteiger partial charge in [0.25, 0.3) is 5.79 Å². The van der Waals surface area contributed by atoms with Gasteiger partial charge in [-0.25, -0.2) is 9.79 Å². The van der Waals surface area contributed by atoms with E-state index in [2.05, 4.69) is 10.3 Å². The molecule has 0 spiro atoms. The van der Waals surface area contributed by atoms with Gasteiger partial charge >= 0.3 is 5.97 Å². The van der Waals surface area contributed by atoms with Crippen LogP contribution in [0.25, 0.3) is 0 Å². The van der Waals surface area contributed by atoms with Gasteiger partial charge in [-0.3, -0.25) is 5.73 Å². The van der Waals surface area contributed by atoms with Crippen LogP contribution in [0.5, 0.6) is 0 Å². The van der Waals surface area contributed by atoms with Crippen molar-refractivity contribution in [2.45, 2.75) is 12.7 Å². The first-order chi connectivity index (χ1) is 6.08. The monoisotopic (exact) mass is 184 g/mol. The number of nitrogens with one attached hydrogen (secondary N) is 1. The Balaban J connectivity index is 2.77. The van der Waals surface area contributed by atoms with Gasteiger partial charge in [0.15, 0.2) is 0 Å². The third kappa shape index (κ3) is 1.97. The maximum absolute atomic E-state index is 11.3. The molecule has 1 atom stereocenters. The van der Waals surface area contributed by atoms with Gasteiger partial charge in [0.2, 0.25) is 0 Å². The summed E-state index contributed by atoms with van der Waals surface area (Å²) in [7, 11) is 0. The number of hydrogen-bond donors (Lipinski definition) is 3. The molecule has 0 aromatic heterocycles. The summed E-state index contributed by atoms with van der Waals surface area (Å²) in [5.41, 5.74) is 11.0. The Morgan fingerprint density at radius 2 is 2.54 bits per heavy atom. The summed E-state index contributed by atoms with van der Waals surface area (Å²) >= 11 is 0. The van der Waals surface area contributed by atoms with E-state index in [9.17, 15) is 4.79 Å². The molecule has 0 fully saturated rings. The van der Waals surface area contributed by atoms with E-state index in [4.69, 9.17) is 16.2 Å². The second-order valence-corrected chi connectivity index (χ2v) is 2.50. The average Bonchev–Trinajstić information content (AvgIpc) is 2.04. The molecule has 72 valence electrons. The molecule has 0 saturated carbocycles. The first kappa shape index (κ1) is 9.53. The fourth-order valence-corrected chi connectivity index (χ4v) is 0.873. The van der Waals surface area contributed by atoms with Crippen molar-refractivity contribution in [3.63, 3.8) is 0 Å². The number of carbonyl (C=O) groups is 1. The molecule has 6 heteroatoms. The summed E-state index contributed by atoms with van der Waals surface area (Å²) in [5, 5.41) is 2.57. The zero-order valence-electron chi connectivity index (χ0n) is 7.28. The number of nitrogens with zero attached hydrogens (tertiary/aromatic N) is 1. The Morgan fingerprint density at radius 1 is 1.85 bits per heavy atom. The van der Waals surface area contributed by atoms with Crippen LogP contribution in [-0.2, 0) is 9.53 Å². The minimum Gasteiger partial charge on any atom is -0.462 e. The number of hydrogen-bond acceptors (Lipinski definition) is 6. The molecule has 1 aliphatic heterocycles. The molecule has 0 saturated heterocycles. The summed E-state index contributed by atoms with van der Waals surface area (Å²) in [6, 6.07) is 0. The molecular weight excluding hydrogens is 172 g/mol. The molecule has 13 heavy (non-hydrogen) atoms. The minimum absolute atomic E-state index is 0.189. The Bertz CT molecular complexity index is 274. The van der Waals surface area contributed by atoms with E-state index in [1.807, 2.05) is 0 Å². The van der Waals surface area contributed by atoms with Crippen LogP contribution < -0.4 is 16.8 Å². The van der Waals surface area contributed by atoms with Crippen LogP contribution in [0, 0.1) is 0 Å². The summed E-state index contributed by atoms with van der Waals surface area (Å²) in [6.45, 7) is 1.94. The summed E-state index contributed by atoms with van der Waals surface area (Å²) in [4.78, 5) is 15.0. The zero-order chi connectivity index (χ0) is 9.90. The van der Waals surface area contributed by atoms with Gasteiger partial charge in [0, 0.05) is 6.20 Å². The van der Waals surface area contributed by atoms with Crippen molar-refractivity contribution >= 4 is 11.8 Å². The van der Waals surface area contributed by atoms with Crippen LogP contribution in [0.3, 0.4) is 0 Å². The Labute approximate surface area is 75.6 Å². The number of nitrogens with two attached hydrogens (primary N) is 2. The van der Waals surface area contributed by atoms with Gasteiger partial charge in [-0.2, -0.15) is 0 Å². The maximum Gasteiger partial charge on any atom is 0.371 e. The van der Waals surface area contributed by atoms with E-state index < -0.39 is 11.8 Å². The first-order valence-electron chi connectivity index (χ1n) is 3.84. The Hall–Kier alpha value is -1.56. The molecule has 0 radical (unpaired) electrons. The standard InChI is InChI=1S/C7H12N4O2/c1-2-13-6(12)7(9)10-4-3-5(8)11-7/h3-4,10H,2,9H2,1H3,(H2,8,11). The van der Waals surface area contributed by atoms with E-state index in [-0.39, 0.29) is 12.4 Å². The van der Waals surface area contributed by atoms with Crippen LogP contribution in [0.15, 0.2) is 17.3 Å². The predicted octanol–water partition coefficient (Wildman–Crippen LogP) is -1.36. The van der Waals surface area contributed by atoms with Crippen molar-refractivity contribution in [3.05, 3.63) is 12.3 Å². The van der Waals surface area contributed by atoms with E-state index in [1.165, 1.54) is 12.3 Å². The molecule has 0 aromatic rings. The van der Waals surface area contributed by atoms with Crippen LogP contribution in [0.4, 0.5) is 0 Å². The van der Waals surface area contributed by atoms with Crippen molar-refractivity contribution in [1.82, 2.24) is 5.32 Å². The highest BCUT2D eigenvalue weighted by Gasteiger charge is 2.35. The molecule has 0 aliphatic carbocycles. The van der Waals surface area contributed by atoms with Crippen molar-refractivity contribution in [1.29, 1.82) is 0 Å². The highest BCUT2D eigenvalue weighted by atomic mass is 16.5. The number of aliphatic imine (C=N–C) groups is 1. The third-order valence-electron chi connectivity index (χ3n) is 1.45. The SMILES string of the molecule is CCOC(=O)C1(N)N=C(N)C=CN1. The molecule has 1 rings (SSSR count). The predicted molar refractivity (Wildman–Crippen MR) is 47.4 cm³/mol. The van der Waals surface area contributed by atoms with E-state index in [0.717, 1.165) is 0 Å². The first-order valence-corrected chi connectivity index (χ1v) is 3.84. The lowest BCUT2D eigenvalue weighted by molar-refractivity contribution is -0.150. The summed E-state index contributed by atoms with van der Waals surface area (Å²) in [5.74, 6) is -2.04. The van der Waals surface area contributed by atoms with Crippen molar-refractivity contribution in [3.8, 4) is 0 Å². The third-order valence-corrected chi connectivity index (χ3v) is 1.45. The van der Waals surface area contributed by atoms with Gasteiger partial charge in [-0.15, -0.1) is 0 Å². The molecule has 1 aliphatic rings. The normalized spacial score (nSPS) is 26.2. The van der Waals surface area contributed by atoms with Gasteiger partial charge in [-0.05, 0) is 13.0 Å². The average molecular weight is 184 g/mol. The lowest BCUT2D eigenvalue weighted by Crippen LogP contribution is -2.59. The topological polar surface area (TPSA) is 103 Å². The minimum atomic E-state index is -1.57. The molecule has 6 nitrogen and oxygen atoms in total. The van der Waals surface area contributed by atoms with Crippen LogP contribution in [0.1, 0.15) is 6.92 Å². The number of carbonyl (C=O) groups excluding carboxylic acids is 1. The lowest BCUT2D eigenvalue weighted by atomic mass is 10.3. The quantitative estimate of drug-likeness (QED) is 0.460. The highest BCUT2D eigenvalue weighted by molar-refractivity contribution is 5.95. The summed E-state index contributed by atoms with van der Waals surface area (Å²) in [6.07, 6.45) is 2.96. The van der Waals surface area contributed by atoms with Gasteiger partial charge in [-0.1, -0.05) is 0 Å². The van der Waals surface area contributed by atoms with Crippen LogP contribution in [0.2, 0.25) is 0 Å². The van der Waals surface area contributed by atoms with E-state index in [1.54, 1.807) is 6.92 Å². The maximum atomic E-state index is 11.3. The molecule has 0 aromatic carbocycles. The van der Waals surface area contributed by atoms with E-state index >= 15 is 0 Å². The van der Waals surface area contributed by atoms with Crippen molar-refractivity contribution in [2.75, 3.05) is 6.61 Å². The smallest absolute Gasteiger partial charge is 0.371 e. The Morgan fingerprint density at radius 3 is 3.08 bits per heavy atom. The lowest BCUT2D eigenvalue weighted by Gasteiger charge is -2.25. The second kappa shape index (κ2) is 3.44. The zero-order valence-corrected chi connectivity index (χ0v) is 7.28.